The van der Waals surface area contributed by atoms with Crippen molar-refractivity contribution in [2.45, 2.75) is 49.8 Å². The normalized spacial score (nSPS) is 17.4. The molecule has 0 amide bonds. The summed E-state index contributed by atoms with van der Waals surface area (Å²) in [6.07, 6.45) is 9.25. The fourth-order valence-corrected chi connectivity index (χ4v) is 4.44. The lowest BCUT2D eigenvalue weighted by Crippen LogP contribution is -2.16. The third-order valence-electron chi connectivity index (χ3n) is 4.47. The van der Waals surface area contributed by atoms with Crippen LogP contribution < -0.4 is 5.73 Å². The van der Waals surface area contributed by atoms with Gasteiger partial charge >= 0.3 is 0 Å². The van der Waals surface area contributed by atoms with Crippen molar-refractivity contribution >= 4 is 19.7 Å². The molecule has 23 heavy (non-hydrogen) atoms. The van der Waals surface area contributed by atoms with Crippen LogP contribution >= 0.6 is 10.7 Å². The molecule has 0 aliphatic heterocycles. The van der Waals surface area contributed by atoms with Crippen molar-refractivity contribution in [3.8, 4) is 0 Å². The number of allylic oxidation sites excluding steroid dienone is 1. The molecule has 6 heteroatoms. The third kappa shape index (κ3) is 5.30. The third-order valence-corrected chi connectivity index (χ3v) is 5.89. The van der Waals surface area contributed by atoms with E-state index in [9.17, 15) is 12.8 Å². The number of aryl methyl sites for hydroxylation is 1. The van der Waals surface area contributed by atoms with Crippen molar-refractivity contribution in [1.29, 1.82) is 0 Å². The van der Waals surface area contributed by atoms with Crippen LogP contribution in [-0.2, 0) is 15.5 Å². The van der Waals surface area contributed by atoms with Crippen molar-refractivity contribution in [2.24, 2.45) is 11.7 Å². The lowest BCUT2D eigenvalue weighted by Gasteiger charge is -2.24. The molecule has 0 unspecified atom stereocenters. The van der Waals surface area contributed by atoms with E-state index in [1.165, 1.54) is 49.8 Å². The van der Waals surface area contributed by atoms with Crippen molar-refractivity contribution in [2.75, 3.05) is 6.54 Å². The van der Waals surface area contributed by atoms with Gasteiger partial charge in [-0.3, -0.25) is 0 Å². The van der Waals surface area contributed by atoms with E-state index in [4.69, 9.17) is 16.4 Å². The molecule has 0 aromatic heterocycles. The zero-order valence-corrected chi connectivity index (χ0v) is 14.7. The first-order valence-electron chi connectivity index (χ1n) is 8.04. The monoisotopic (exact) mass is 359 g/mol. The summed E-state index contributed by atoms with van der Waals surface area (Å²) < 4.78 is 36.6. The van der Waals surface area contributed by atoms with Gasteiger partial charge in [0.15, 0.2) is 0 Å². The number of benzene rings is 1. The molecule has 0 atom stereocenters. The molecule has 0 bridgehead atoms. The van der Waals surface area contributed by atoms with Crippen LogP contribution in [0.5, 0.6) is 0 Å². The second-order valence-corrected chi connectivity index (χ2v) is 8.58. The Morgan fingerprint density at radius 2 is 2.00 bits per heavy atom. The van der Waals surface area contributed by atoms with E-state index in [1.807, 2.05) is 0 Å². The maximum Gasteiger partial charge on any atom is 0.261 e. The SMILES string of the molecule is NC/C(=C\CCc1cc(F)ccc1S(=O)(=O)Cl)C1CCCCC1. The Morgan fingerprint density at radius 1 is 1.30 bits per heavy atom. The summed E-state index contributed by atoms with van der Waals surface area (Å²) in [5.41, 5.74) is 7.51. The lowest BCUT2D eigenvalue weighted by atomic mass is 9.83. The van der Waals surface area contributed by atoms with Gasteiger partial charge in [-0.1, -0.05) is 30.9 Å². The van der Waals surface area contributed by atoms with Gasteiger partial charge in [0.2, 0.25) is 0 Å². The summed E-state index contributed by atoms with van der Waals surface area (Å²) in [6.45, 7) is 0.522. The van der Waals surface area contributed by atoms with Crippen LogP contribution in [0.2, 0.25) is 0 Å². The van der Waals surface area contributed by atoms with Gasteiger partial charge in [0, 0.05) is 17.2 Å². The standard InChI is InChI=1S/C17H23ClFNO2S/c18-23(21,22)17-10-9-16(19)11-14(17)7-4-8-15(12-20)13-5-2-1-3-6-13/h8-11,13H,1-7,12,20H2/b15-8+. The first-order chi connectivity index (χ1) is 10.9. The Bertz CT molecular complexity index is 667. The van der Waals surface area contributed by atoms with Crippen molar-refractivity contribution in [3.63, 3.8) is 0 Å². The largest absolute Gasteiger partial charge is 0.327 e. The van der Waals surface area contributed by atoms with E-state index < -0.39 is 14.9 Å². The molecule has 1 aromatic rings. The zero-order valence-electron chi connectivity index (χ0n) is 13.1. The van der Waals surface area contributed by atoms with E-state index >= 15 is 0 Å². The molecule has 1 saturated carbocycles. The topological polar surface area (TPSA) is 60.2 Å². The van der Waals surface area contributed by atoms with Crippen LogP contribution in [-0.4, -0.2) is 15.0 Å². The van der Waals surface area contributed by atoms with Crippen molar-refractivity contribution < 1.29 is 12.8 Å². The number of halogens is 2. The van der Waals surface area contributed by atoms with E-state index in [2.05, 4.69) is 6.08 Å². The van der Waals surface area contributed by atoms with Gasteiger partial charge in [-0.05, 0) is 55.4 Å². The average molecular weight is 360 g/mol. The quantitative estimate of drug-likeness (QED) is 0.613. The average Bonchev–Trinajstić information content (AvgIpc) is 2.51. The summed E-state index contributed by atoms with van der Waals surface area (Å²) in [5, 5.41) is 0. The van der Waals surface area contributed by atoms with Crippen LogP contribution in [0.25, 0.3) is 0 Å². The molecule has 0 radical (unpaired) electrons. The van der Waals surface area contributed by atoms with Gasteiger partial charge in [0.05, 0.1) is 4.90 Å². The van der Waals surface area contributed by atoms with Gasteiger partial charge in [-0.15, -0.1) is 0 Å². The molecular formula is C17H23ClFNO2S. The summed E-state index contributed by atoms with van der Waals surface area (Å²) in [6, 6.07) is 3.58. The first-order valence-corrected chi connectivity index (χ1v) is 10.3. The van der Waals surface area contributed by atoms with Crippen LogP contribution in [0.4, 0.5) is 4.39 Å². The second-order valence-electron chi connectivity index (χ2n) is 6.05. The summed E-state index contributed by atoms with van der Waals surface area (Å²) in [5.74, 6) is 0.0804. The van der Waals surface area contributed by atoms with E-state index in [-0.39, 0.29) is 4.90 Å². The first kappa shape index (κ1) is 18.4. The molecule has 1 aliphatic rings. The summed E-state index contributed by atoms with van der Waals surface area (Å²) in [4.78, 5) is -0.0130. The Kier molecular flexibility index (Phi) is 6.62. The predicted molar refractivity (Wildman–Crippen MR) is 91.5 cm³/mol. The molecule has 1 aliphatic carbocycles. The molecule has 0 spiro atoms. The molecular weight excluding hydrogens is 337 g/mol. The highest BCUT2D eigenvalue weighted by Crippen LogP contribution is 2.30. The maximum absolute atomic E-state index is 13.4. The fraction of sp³-hybridized carbons (Fsp3) is 0.529. The van der Waals surface area contributed by atoms with Gasteiger partial charge in [-0.2, -0.15) is 0 Å². The molecule has 2 rings (SSSR count). The van der Waals surface area contributed by atoms with Crippen LogP contribution in [0, 0.1) is 11.7 Å². The summed E-state index contributed by atoms with van der Waals surface area (Å²) in [7, 11) is 1.55. The molecule has 2 N–H and O–H groups in total. The van der Waals surface area contributed by atoms with Crippen molar-refractivity contribution in [1.82, 2.24) is 0 Å². The van der Waals surface area contributed by atoms with Gasteiger partial charge in [0.1, 0.15) is 5.82 Å². The van der Waals surface area contributed by atoms with Gasteiger partial charge in [-0.25, -0.2) is 12.8 Å². The van der Waals surface area contributed by atoms with Gasteiger partial charge < -0.3 is 5.73 Å². The number of nitrogens with two attached hydrogens (primary N) is 1. The van der Waals surface area contributed by atoms with E-state index in [1.54, 1.807) is 0 Å². The van der Waals surface area contributed by atoms with Crippen LogP contribution in [0.1, 0.15) is 44.1 Å². The minimum absolute atomic E-state index is 0.0130. The molecule has 0 saturated heterocycles. The molecule has 128 valence electrons. The Balaban J connectivity index is 2.10. The Hall–Kier alpha value is -0.910. The molecule has 1 fully saturated rings. The fourth-order valence-electron chi connectivity index (χ4n) is 3.28. The highest BCUT2D eigenvalue weighted by atomic mass is 35.7. The van der Waals surface area contributed by atoms with Crippen LogP contribution in [0.3, 0.4) is 0 Å². The Morgan fingerprint density at radius 3 is 2.61 bits per heavy atom. The van der Waals surface area contributed by atoms with Crippen molar-refractivity contribution in [3.05, 3.63) is 41.2 Å². The van der Waals surface area contributed by atoms with Crippen LogP contribution in [0.15, 0.2) is 34.7 Å². The highest BCUT2D eigenvalue weighted by molar-refractivity contribution is 8.13. The van der Waals surface area contributed by atoms with E-state index in [0.29, 0.717) is 30.9 Å². The molecule has 1 aromatic carbocycles. The molecule has 0 heterocycles. The highest BCUT2D eigenvalue weighted by Gasteiger charge is 2.18. The zero-order chi connectivity index (χ0) is 16.9. The number of hydrogen-bond donors (Lipinski definition) is 1. The number of hydrogen-bond acceptors (Lipinski definition) is 3. The second kappa shape index (κ2) is 8.27. The van der Waals surface area contributed by atoms with E-state index in [0.717, 1.165) is 6.07 Å². The summed E-state index contributed by atoms with van der Waals surface area (Å²) >= 11 is 0. The molecule has 3 nitrogen and oxygen atoms in total. The maximum atomic E-state index is 13.4. The van der Waals surface area contributed by atoms with Gasteiger partial charge in [0.25, 0.3) is 9.05 Å². The lowest BCUT2D eigenvalue weighted by molar-refractivity contribution is 0.399. The Labute approximate surface area is 142 Å². The number of rotatable bonds is 6. The predicted octanol–water partition coefficient (Wildman–Crippen LogP) is 4.15. The minimum Gasteiger partial charge on any atom is -0.327 e. The minimum atomic E-state index is -3.87. The smallest absolute Gasteiger partial charge is 0.261 e.